The van der Waals surface area contributed by atoms with Gasteiger partial charge in [0.1, 0.15) is 10.6 Å². The molecule has 2 aromatic heterocycles. The van der Waals surface area contributed by atoms with Gasteiger partial charge < -0.3 is 10.5 Å². The summed E-state index contributed by atoms with van der Waals surface area (Å²) in [6, 6.07) is 10.3. The molecule has 1 aliphatic rings. The van der Waals surface area contributed by atoms with Crippen molar-refractivity contribution in [2.45, 2.75) is 38.1 Å². The molecule has 1 atom stereocenters. The van der Waals surface area contributed by atoms with Crippen molar-refractivity contribution >= 4 is 45.2 Å². The van der Waals surface area contributed by atoms with Gasteiger partial charge in [-0.1, -0.05) is 68.1 Å². The lowest BCUT2D eigenvalue weighted by atomic mass is 9.96. The van der Waals surface area contributed by atoms with Crippen LogP contribution in [-0.2, 0) is 17.8 Å². The number of aromatic nitrogens is 2. The Balaban J connectivity index is 1.52. The fourth-order valence-corrected chi connectivity index (χ4v) is 5.10. The number of nitrogens with two attached hydrogens (primary N) is 1. The topological polar surface area (TPSA) is 61.0 Å². The minimum absolute atomic E-state index is 0.242. The predicted octanol–water partition coefficient (Wildman–Crippen LogP) is 5.18. The lowest BCUT2D eigenvalue weighted by Gasteiger charge is -2.26. The maximum Gasteiger partial charge on any atom is 0.191 e. The summed E-state index contributed by atoms with van der Waals surface area (Å²) in [5, 5.41) is 1.77. The molecule has 0 amide bonds. The second-order valence-electron chi connectivity index (χ2n) is 7.00. The standard InChI is InChI=1S/C21H23N3OS2/c1-13(2)16-11-15-17(12-25-16)27-20-18(15)19(22)23-21(24-20)26-10-6-9-14-7-4-3-5-8-14/h3-9,13,16H,10-12H2,1-2H3,(H2,22,23,24)/b9-6+/t16-/m1/s1. The van der Waals surface area contributed by atoms with Crippen LogP contribution in [0.3, 0.4) is 0 Å². The van der Waals surface area contributed by atoms with E-state index in [1.807, 2.05) is 18.2 Å². The van der Waals surface area contributed by atoms with E-state index in [1.165, 1.54) is 16.0 Å². The zero-order valence-corrected chi connectivity index (χ0v) is 17.1. The SMILES string of the molecule is CC(C)[C@H]1Cc2c(sc3nc(SC/C=C/c4ccccc4)nc(N)c23)CO1. The molecule has 27 heavy (non-hydrogen) atoms. The summed E-state index contributed by atoms with van der Waals surface area (Å²) in [5.41, 5.74) is 8.81. The van der Waals surface area contributed by atoms with Crippen LogP contribution >= 0.6 is 23.1 Å². The van der Waals surface area contributed by atoms with Crippen LogP contribution < -0.4 is 5.73 Å². The van der Waals surface area contributed by atoms with Crippen LogP contribution in [0.4, 0.5) is 5.82 Å². The van der Waals surface area contributed by atoms with Crippen molar-refractivity contribution in [3.05, 3.63) is 52.4 Å². The van der Waals surface area contributed by atoms with Gasteiger partial charge in [0, 0.05) is 17.1 Å². The maximum absolute atomic E-state index is 6.33. The third kappa shape index (κ3) is 4.03. The molecule has 4 nitrogen and oxygen atoms in total. The Morgan fingerprint density at radius 1 is 1.30 bits per heavy atom. The van der Waals surface area contributed by atoms with Gasteiger partial charge in [-0.15, -0.1) is 11.3 Å². The van der Waals surface area contributed by atoms with E-state index in [4.69, 9.17) is 15.5 Å². The van der Waals surface area contributed by atoms with Crippen LogP contribution in [0.2, 0.25) is 0 Å². The summed E-state index contributed by atoms with van der Waals surface area (Å²) in [4.78, 5) is 11.5. The summed E-state index contributed by atoms with van der Waals surface area (Å²) < 4.78 is 5.99. The minimum atomic E-state index is 0.242. The summed E-state index contributed by atoms with van der Waals surface area (Å²) in [6.07, 6.45) is 5.38. The maximum atomic E-state index is 6.33. The zero-order chi connectivity index (χ0) is 18.8. The molecule has 0 radical (unpaired) electrons. The number of hydrogen-bond donors (Lipinski definition) is 1. The monoisotopic (exact) mass is 397 g/mol. The second-order valence-corrected chi connectivity index (χ2v) is 9.07. The number of fused-ring (bicyclic) bond motifs is 3. The number of thiophene rings is 1. The number of hydrogen-bond acceptors (Lipinski definition) is 6. The minimum Gasteiger partial charge on any atom is -0.383 e. The summed E-state index contributed by atoms with van der Waals surface area (Å²) in [7, 11) is 0. The van der Waals surface area contributed by atoms with Crippen LogP contribution in [0, 0.1) is 5.92 Å². The number of rotatable bonds is 5. The first-order valence-electron chi connectivity index (χ1n) is 9.15. The van der Waals surface area contributed by atoms with Crippen molar-refractivity contribution in [3.63, 3.8) is 0 Å². The highest BCUT2D eigenvalue weighted by atomic mass is 32.2. The first kappa shape index (κ1) is 18.5. The third-order valence-electron chi connectivity index (χ3n) is 4.74. The Kier molecular flexibility index (Phi) is 5.48. The van der Waals surface area contributed by atoms with Gasteiger partial charge in [0.25, 0.3) is 0 Å². The van der Waals surface area contributed by atoms with E-state index in [0.29, 0.717) is 18.3 Å². The molecule has 140 valence electrons. The van der Waals surface area contributed by atoms with Crippen molar-refractivity contribution in [2.24, 2.45) is 5.92 Å². The number of benzene rings is 1. The molecule has 0 bridgehead atoms. The van der Waals surface area contributed by atoms with Crippen molar-refractivity contribution in [2.75, 3.05) is 11.5 Å². The van der Waals surface area contributed by atoms with Crippen LogP contribution in [0.1, 0.15) is 29.9 Å². The quantitative estimate of drug-likeness (QED) is 0.475. The van der Waals surface area contributed by atoms with Gasteiger partial charge in [-0.25, -0.2) is 9.97 Å². The Morgan fingerprint density at radius 2 is 2.11 bits per heavy atom. The molecule has 3 aromatic rings. The lowest BCUT2D eigenvalue weighted by molar-refractivity contribution is 0.00203. The highest BCUT2D eigenvalue weighted by molar-refractivity contribution is 7.99. The zero-order valence-electron chi connectivity index (χ0n) is 15.5. The predicted molar refractivity (Wildman–Crippen MR) is 115 cm³/mol. The van der Waals surface area contributed by atoms with E-state index in [0.717, 1.165) is 27.5 Å². The molecule has 1 aliphatic heterocycles. The molecule has 1 aromatic carbocycles. The van der Waals surface area contributed by atoms with Gasteiger partial charge >= 0.3 is 0 Å². The Morgan fingerprint density at radius 3 is 2.89 bits per heavy atom. The normalized spacial score (nSPS) is 17.1. The van der Waals surface area contributed by atoms with Crippen molar-refractivity contribution in [1.29, 1.82) is 0 Å². The van der Waals surface area contributed by atoms with Crippen molar-refractivity contribution in [1.82, 2.24) is 9.97 Å². The molecule has 0 unspecified atom stereocenters. The molecular formula is C21H23N3OS2. The fraction of sp³-hybridized carbons (Fsp3) is 0.333. The summed E-state index contributed by atoms with van der Waals surface area (Å²) >= 11 is 3.30. The number of nitrogens with zero attached hydrogens (tertiary/aromatic N) is 2. The van der Waals surface area contributed by atoms with Crippen molar-refractivity contribution < 1.29 is 4.74 Å². The van der Waals surface area contributed by atoms with Crippen LogP contribution in [0.15, 0.2) is 41.6 Å². The van der Waals surface area contributed by atoms with Crippen LogP contribution in [0.25, 0.3) is 16.3 Å². The number of thioether (sulfide) groups is 1. The van der Waals surface area contributed by atoms with Crippen LogP contribution in [0.5, 0.6) is 0 Å². The molecule has 0 saturated heterocycles. The molecule has 0 saturated carbocycles. The Bertz CT molecular complexity index is 966. The van der Waals surface area contributed by atoms with Gasteiger partial charge in [0.2, 0.25) is 0 Å². The van der Waals surface area contributed by atoms with E-state index in [-0.39, 0.29) is 6.10 Å². The number of nitrogen functional groups attached to an aromatic ring is 1. The van der Waals surface area contributed by atoms with Gasteiger partial charge in [0.05, 0.1) is 18.1 Å². The molecular weight excluding hydrogens is 374 g/mol. The average Bonchev–Trinajstić information content (AvgIpc) is 3.04. The molecule has 3 heterocycles. The van der Waals surface area contributed by atoms with E-state index in [1.54, 1.807) is 23.1 Å². The first-order chi connectivity index (χ1) is 13.1. The van der Waals surface area contributed by atoms with E-state index in [9.17, 15) is 0 Å². The second kappa shape index (κ2) is 8.00. The molecule has 4 rings (SSSR count). The third-order valence-corrected chi connectivity index (χ3v) is 6.64. The smallest absolute Gasteiger partial charge is 0.191 e. The van der Waals surface area contributed by atoms with Gasteiger partial charge in [0.15, 0.2) is 5.16 Å². The van der Waals surface area contributed by atoms with E-state index < -0.39 is 0 Å². The van der Waals surface area contributed by atoms with E-state index in [2.05, 4.69) is 43.1 Å². The van der Waals surface area contributed by atoms with Gasteiger partial charge in [-0.05, 0) is 17.0 Å². The highest BCUT2D eigenvalue weighted by Gasteiger charge is 2.27. The van der Waals surface area contributed by atoms with Gasteiger partial charge in [-0.2, -0.15) is 0 Å². The molecule has 0 fully saturated rings. The fourth-order valence-electron chi connectivity index (χ4n) is 3.25. The molecule has 6 heteroatoms. The van der Waals surface area contributed by atoms with Crippen LogP contribution in [-0.4, -0.2) is 21.8 Å². The first-order valence-corrected chi connectivity index (χ1v) is 11.0. The summed E-state index contributed by atoms with van der Waals surface area (Å²) in [5.74, 6) is 1.89. The summed E-state index contributed by atoms with van der Waals surface area (Å²) in [6.45, 7) is 5.05. The number of anilines is 1. The van der Waals surface area contributed by atoms with Crippen molar-refractivity contribution in [3.8, 4) is 0 Å². The Hall–Kier alpha value is -1.89. The van der Waals surface area contributed by atoms with Gasteiger partial charge in [-0.3, -0.25) is 0 Å². The number of ether oxygens (including phenoxy) is 1. The molecule has 0 spiro atoms. The largest absolute Gasteiger partial charge is 0.383 e. The molecule has 0 aliphatic carbocycles. The molecule has 2 N–H and O–H groups in total. The Labute approximate surface area is 167 Å². The average molecular weight is 398 g/mol. The van der Waals surface area contributed by atoms with E-state index >= 15 is 0 Å². The lowest BCUT2D eigenvalue weighted by Crippen LogP contribution is -2.26. The highest BCUT2D eigenvalue weighted by Crippen LogP contribution is 2.39.